The van der Waals surface area contributed by atoms with Crippen molar-refractivity contribution in [3.05, 3.63) is 47.5 Å². The molecule has 3 aromatic rings. The summed E-state index contributed by atoms with van der Waals surface area (Å²) in [6.07, 6.45) is 0. The van der Waals surface area contributed by atoms with Gasteiger partial charge >= 0.3 is 0 Å². The predicted octanol–water partition coefficient (Wildman–Crippen LogP) is 4.33. The van der Waals surface area contributed by atoms with Crippen LogP contribution in [-0.2, 0) is 4.79 Å². The number of hydrogen-bond acceptors (Lipinski definition) is 3. The number of rotatable bonds is 3. The van der Waals surface area contributed by atoms with Crippen LogP contribution in [0.2, 0.25) is 5.02 Å². The number of hydrogen-bond donors (Lipinski definition) is 1. The molecular weight excluding hydrogens is 311 g/mol. The SMILES string of the molecule is O=C(CCl)Nc1ccc2oc(-c3ccc(Cl)cc3)nc2c1. The van der Waals surface area contributed by atoms with Gasteiger partial charge in [-0.3, -0.25) is 4.79 Å². The number of halogens is 2. The first-order chi connectivity index (χ1) is 10.2. The number of anilines is 1. The Labute approximate surface area is 130 Å². The molecule has 1 N–H and O–H groups in total. The molecule has 1 aromatic heterocycles. The highest BCUT2D eigenvalue weighted by molar-refractivity contribution is 6.30. The Morgan fingerprint density at radius 1 is 1.19 bits per heavy atom. The van der Waals surface area contributed by atoms with Crippen molar-refractivity contribution in [2.75, 3.05) is 11.2 Å². The summed E-state index contributed by atoms with van der Waals surface area (Å²) in [6, 6.07) is 12.5. The summed E-state index contributed by atoms with van der Waals surface area (Å²) in [5, 5.41) is 3.32. The molecule has 0 radical (unpaired) electrons. The number of fused-ring (bicyclic) bond motifs is 1. The van der Waals surface area contributed by atoms with Crippen LogP contribution in [0.1, 0.15) is 0 Å². The van der Waals surface area contributed by atoms with Gasteiger partial charge in [0.15, 0.2) is 5.58 Å². The smallest absolute Gasteiger partial charge is 0.239 e. The molecule has 4 nitrogen and oxygen atoms in total. The second-order valence-electron chi connectivity index (χ2n) is 4.39. The van der Waals surface area contributed by atoms with Crippen molar-refractivity contribution >= 4 is 45.9 Å². The first-order valence-electron chi connectivity index (χ1n) is 6.18. The zero-order chi connectivity index (χ0) is 14.8. The summed E-state index contributed by atoms with van der Waals surface area (Å²) >= 11 is 11.3. The molecule has 0 fully saturated rings. The highest BCUT2D eigenvalue weighted by Gasteiger charge is 2.09. The summed E-state index contributed by atoms with van der Waals surface area (Å²) < 4.78 is 5.69. The van der Waals surface area contributed by atoms with E-state index >= 15 is 0 Å². The Bertz CT molecular complexity index is 797. The summed E-state index contributed by atoms with van der Waals surface area (Å²) in [4.78, 5) is 15.7. The van der Waals surface area contributed by atoms with Gasteiger partial charge in [-0.15, -0.1) is 11.6 Å². The second-order valence-corrected chi connectivity index (χ2v) is 5.09. The lowest BCUT2D eigenvalue weighted by atomic mass is 10.2. The molecule has 0 bridgehead atoms. The quantitative estimate of drug-likeness (QED) is 0.731. The molecule has 0 aliphatic rings. The largest absolute Gasteiger partial charge is 0.436 e. The fourth-order valence-corrected chi connectivity index (χ4v) is 2.11. The normalized spacial score (nSPS) is 10.8. The van der Waals surface area contributed by atoms with Crippen molar-refractivity contribution in [1.29, 1.82) is 0 Å². The van der Waals surface area contributed by atoms with E-state index in [0.717, 1.165) is 5.56 Å². The van der Waals surface area contributed by atoms with Crippen LogP contribution in [0.15, 0.2) is 46.9 Å². The monoisotopic (exact) mass is 320 g/mol. The maximum Gasteiger partial charge on any atom is 0.239 e. The van der Waals surface area contributed by atoms with Gasteiger partial charge in [-0.1, -0.05) is 11.6 Å². The Kier molecular flexibility index (Phi) is 3.82. The van der Waals surface area contributed by atoms with Gasteiger partial charge in [-0.2, -0.15) is 0 Å². The van der Waals surface area contributed by atoms with Crippen molar-refractivity contribution in [3.8, 4) is 11.5 Å². The zero-order valence-corrected chi connectivity index (χ0v) is 12.3. The molecule has 1 heterocycles. The van der Waals surface area contributed by atoms with E-state index in [2.05, 4.69) is 10.3 Å². The maximum absolute atomic E-state index is 11.3. The number of nitrogens with zero attached hydrogens (tertiary/aromatic N) is 1. The van der Waals surface area contributed by atoms with Crippen molar-refractivity contribution in [2.45, 2.75) is 0 Å². The van der Waals surface area contributed by atoms with E-state index in [0.29, 0.717) is 27.7 Å². The molecule has 106 valence electrons. The molecule has 0 spiro atoms. The molecule has 6 heteroatoms. The lowest BCUT2D eigenvalue weighted by molar-refractivity contribution is -0.113. The fraction of sp³-hybridized carbons (Fsp3) is 0.0667. The average Bonchev–Trinajstić information content (AvgIpc) is 2.91. The second kappa shape index (κ2) is 5.76. The molecule has 0 unspecified atom stereocenters. The third kappa shape index (κ3) is 3.01. The summed E-state index contributed by atoms with van der Waals surface area (Å²) in [5.41, 5.74) is 2.77. The van der Waals surface area contributed by atoms with E-state index in [1.807, 2.05) is 12.1 Å². The van der Waals surface area contributed by atoms with Crippen molar-refractivity contribution in [3.63, 3.8) is 0 Å². The van der Waals surface area contributed by atoms with E-state index in [1.165, 1.54) is 0 Å². The van der Waals surface area contributed by atoms with Crippen LogP contribution in [-0.4, -0.2) is 16.8 Å². The number of alkyl halides is 1. The predicted molar refractivity (Wildman–Crippen MR) is 83.8 cm³/mol. The molecule has 3 rings (SSSR count). The third-order valence-corrected chi connectivity index (χ3v) is 3.38. The lowest BCUT2D eigenvalue weighted by Crippen LogP contribution is -2.12. The van der Waals surface area contributed by atoms with E-state index in [4.69, 9.17) is 27.6 Å². The van der Waals surface area contributed by atoms with Gasteiger partial charge < -0.3 is 9.73 Å². The first kappa shape index (κ1) is 13.9. The molecular formula is C15H10Cl2N2O2. The molecule has 0 saturated carbocycles. The molecule has 0 aliphatic carbocycles. The highest BCUT2D eigenvalue weighted by atomic mass is 35.5. The first-order valence-corrected chi connectivity index (χ1v) is 7.09. The number of amides is 1. The Hall–Kier alpha value is -2.04. The fourth-order valence-electron chi connectivity index (χ4n) is 1.92. The molecule has 2 aromatic carbocycles. The topological polar surface area (TPSA) is 55.1 Å². The van der Waals surface area contributed by atoms with Crippen LogP contribution >= 0.6 is 23.2 Å². The number of oxazole rings is 1. The van der Waals surface area contributed by atoms with Gasteiger partial charge in [0.25, 0.3) is 0 Å². The minimum absolute atomic E-state index is 0.0904. The molecule has 0 atom stereocenters. The van der Waals surface area contributed by atoms with E-state index < -0.39 is 0 Å². The molecule has 0 saturated heterocycles. The third-order valence-electron chi connectivity index (χ3n) is 2.88. The van der Waals surface area contributed by atoms with Crippen LogP contribution in [0.4, 0.5) is 5.69 Å². The van der Waals surface area contributed by atoms with Gasteiger partial charge in [0.2, 0.25) is 11.8 Å². The lowest BCUT2D eigenvalue weighted by Gasteiger charge is -2.01. The van der Waals surface area contributed by atoms with Gasteiger partial charge in [0.05, 0.1) is 0 Å². The van der Waals surface area contributed by atoms with Crippen molar-refractivity contribution < 1.29 is 9.21 Å². The Morgan fingerprint density at radius 3 is 2.67 bits per heavy atom. The van der Waals surface area contributed by atoms with Gasteiger partial charge in [0, 0.05) is 16.3 Å². The number of carbonyl (C=O) groups is 1. The minimum Gasteiger partial charge on any atom is -0.436 e. The number of nitrogens with one attached hydrogen (secondary N) is 1. The Morgan fingerprint density at radius 2 is 1.95 bits per heavy atom. The maximum atomic E-state index is 11.3. The van der Waals surface area contributed by atoms with Crippen LogP contribution in [0.25, 0.3) is 22.6 Å². The number of carbonyl (C=O) groups excluding carboxylic acids is 1. The number of benzene rings is 2. The summed E-state index contributed by atoms with van der Waals surface area (Å²) in [5.74, 6) is 0.146. The van der Waals surface area contributed by atoms with Crippen LogP contribution in [0.3, 0.4) is 0 Å². The van der Waals surface area contributed by atoms with E-state index in [1.54, 1.807) is 30.3 Å². The van der Waals surface area contributed by atoms with Crippen LogP contribution in [0, 0.1) is 0 Å². The average molecular weight is 321 g/mol. The van der Waals surface area contributed by atoms with E-state index in [9.17, 15) is 4.79 Å². The van der Waals surface area contributed by atoms with Gasteiger partial charge in [0.1, 0.15) is 11.4 Å². The van der Waals surface area contributed by atoms with E-state index in [-0.39, 0.29) is 11.8 Å². The molecule has 1 amide bonds. The number of aromatic nitrogens is 1. The van der Waals surface area contributed by atoms with Gasteiger partial charge in [-0.25, -0.2) is 4.98 Å². The zero-order valence-electron chi connectivity index (χ0n) is 10.8. The molecule has 21 heavy (non-hydrogen) atoms. The van der Waals surface area contributed by atoms with Crippen LogP contribution in [0.5, 0.6) is 0 Å². The Balaban J connectivity index is 1.96. The van der Waals surface area contributed by atoms with Crippen LogP contribution < -0.4 is 5.32 Å². The van der Waals surface area contributed by atoms with Gasteiger partial charge in [-0.05, 0) is 42.5 Å². The van der Waals surface area contributed by atoms with Crippen molar-refractivity contribution in [1.82, 2.24) is 4.98 Å². The minimum atomic E-state index is -0.266. The summed E-state index contributed by atoms with van der Waals surface area (Å²) in [7, 11) is 0. The standard InChI is InChI=1S/C15H10Cl2N2O2/c16-8-14(20)18-11-5-6-13-12(7-11)19-15(21-13)9-1-3-10(17)4-2-9/h1-7H,8H2,(H,18,20). The van der Waals surface area contributed by atoms with Crippen molar-refractivity contribution in [2.24, 2.45) is 0 Å². The molecule has 0 aliphatic heterocycles. The highest BCUT2D eigenvalue weighted by Crippen LogP contribution is 2.27. The summed E-state index contributed by atoms with van der Waals surface area (Å²) in [6.45, 7) is 0.